The highest BCUT2D eigenvalue weighted by molar-refractivity contribution is 5.74. The molecule has 1 aliphatic heterocycles. The van der Waals surface area contributed by atoms with Crippen LogP contribution in [0.4, 0.5) is 13.6 Å². The Morgan fingerprint density at radius 3 is 2.42 bits per heavy atom. The third-order valence-corrected chi connectivity index (χ3v) is 5.90. The van der Waals surface area contributed by atoms with Gasteiger partial charge in [0.25, 0.3) is 0 Å². The van der Waals surface area contributed by atoms with Gasteiger partial charge in [0.1, 0.15) is 5.82 Å². The Labute approximate surface area is 195 Å². The quantitative estimate of drug-likeness (QED) is 0.571. The van der Waals surface area contributed by atoms with Crippen molar-refractivity contribution < 1.29 is 18.3 Å². The van der Waals surface area contributed by atoms with Gasteiger partial charge in [-0.05, 0) is 80.2 Å². The lowest BCUT2D eigenvalue weighted by Gasteiger charge is -2.33. The molecule has 33 heavy (non-hydrogen) atoms. The van der Waals surface area contributed by atoms with Crippen molar-refractivity contribution in [2.24, 2.45) is 11.8 Å². The van der Waals surface area contributed by atoms with Crippen LogP contribution in [0.2, 0.25) is 0 Å². The molecule has 0 atom stereocenters. The highest BCUT2D eigenvalue weighted by atomic mass is 19.1. The molecule has 7 heteroatoms. The minimum Gasteiger partial charge on any atom is -0.490 e. The van der Waals surface area contributed by atoms with Gasteiger partial charge in [-0.2, -0.15) is 0 Å². The Balaban J connectivity index is 1.62. The first-order valence-electron chi connectivity index (χ1n) is 11.7. The van der Waals surface area contributed by atoms with Gasteiger partial charge < -0.3 is 19.9 Å². The summed E-state index contributed by atoms with van der Waals surface area (Å²) in [4.78, 5) is 17.1. The second-order valence-electron chi connectivity index (χ2n) is 9.38. The predicted molar refractivity (Wildman–Crippen MR) is 126 cm³/mol. The van der Waals surface area contributed by atoms with Crippen LogP contribution in [0, 0.1) is 23.5 Å². The molecule has 2 aromatic rings. The number of ether oxygens (including phenoxy) is 1. The summed E-state index contributed by atoms with van der Waals surface area (Å²) in [6, 6.07) is 10.8. The smallest absolute Gasteiger partial charge is 0.317 e. The van der Waals surface area contributed by atoms with Crippen LogP contribution in [-0.4, -0.2) is 49.1 Å². The highest BCUT2D eigenvalue weighted by Crippen LogP contribution is 2.21. The van der Waals surface area contributed by atoms with Crippen molar-refractivity contribution in [2.75, 3.05) is 33.3 Å². The van der Waals surface area contributed by atoms with E-state index in [2.05, 4.69) is 17.3 Å². The Bertz CT molecular complexity index is 897. The summed E-state index contributed by atoms with van der Waals surface area (Å²) < 4.78 is 33.2. The summed E-state index contributed by atoms with van der Waals surface area (Å²) in [5.74, 6) is 0.214. The second-order valence-corrected chi connectivity index (χ2v) is 9.38. The van der Waals surface area contributed by atoms with Crippen LogP contribution in [0.15, 0.2) is 42.5 Å². The van der Waals surface area contributed by atoms with E-state index in [0.717, 1.165) is 31.5 Å². The molecule has 1 heterocycles. The van der Waals surface area contributed by atoms with Crippen molar-refractivity contribution in [2.45, 2.75) is 39.8 Å². The van der Waals surface area contributed by atoms with Gasteiger partial charge in [0.2, 0.25) is 0 Å². The molecule has 0 bridgehead atoms. The SMILES string of the molecule is CC(C)COc1ccc(CNC(=O)N(Cc2ccc(F)cc2)CC2CCN(C)CC2)cc1F. The largest absolute Gasteiger partial charge is 0.490 e. The highest BCUT2D eigenvalue weighted by Gasteiger charge is 2.23. The maximum Gasteiger partial charge on any atom is 0.317 e. The lowest BCUT2D eigenvalue weighted by molar-refractivity contribution is 0.155. The molecule has 3 rings (SSSR count). The van der Waals surface area contributed by atoms with Crippen LogP contribution in [-0.2, 0) is 13.1 Å². The van der Waals surface area contributed by atoms with Crippen molar-refractivity contribution in [3.05, 3.63) is 65.2 Å². The summed E-state index contributed by atoms with van der Waals surface area (Å²) in [5, 5.41) is 2.92. The summed E-state index contributed by atoms with van der Waals surface area (Å²) in [6.07, 6.45) is 2.07. The van der Waals surface area contributed by atoms with Gasteiger partial charge in [-0.25, -0.2) is 13.6 Å². The van der Waals surface area contributed by atoms with Crippen LogP contribution in [0.1, 0.15) is 37.8 Å². The first kappa shape index (κ1) is 25.0. The first-order chi connectivity index (χ1) is 15.8. The Hall–Kier alpha value is -2.67. The normalized spacial score (nSPS) is 15.0. The molecule has 1 saturated heterocycles. The van der Waals surface area contributed by atoms with Crippen LogP contribution in [0.5, 0.6) is 5.75 Å². The number of nitrogens with one attached hydrogen (secondary N) is 1. The van der Waals surface area contributed by atoms with E-state index in [1.807, 2.05) is 13.8 Å². The van der Waals surface area contributed by atoms with Crippen molar-refractivity contribution in [1.82, 2.24) is 15.1 Å². The number of likely N-dealkylation sites (tertiary alicyclic amines) is 1. The van der Waals surface area contributed by atoms with E-state index in [-0.39, 0.29) is 24.1 Å². The van der Waals surface area contributed by atoms with Gasteiger partial charge in [0.05, 0.1) is 6.61 Å². The zero-order chi connectivity index (χ0) is 23.8. The van der Waals surface area contributed by atoms with Crippen molar-refractivity contribution in [3.8, 4) is 5.75 Å². The lowest BCUT2D eigenvalue weighted by Crippen LogP contribution is -2.44. The fourth-order valence-corrected chi connectivity index (χ4v) is 3.90. The number of nitrogens with zero attached hydrogens (tertiary/aromatic N) is 2. The summed E-state index contributed by atoms with van der Waals surface area (Å²) >= 11 is 0. The number of benzene rings is 2. The van der Waals surface area contributed by atoms with E-state index < -0.39 is 5.82 Å². The third kappa shape index (κ3) is 8.00. The molecule has 0 aromatic heterocycles. The zero-order valence-electron chi connectivity index (χ0n) is 19.8. The molecule has 0 radical (unpaired) electrons. The van der Waals surface area contributed by atoms with E-state index in [0.29, 0.717) is 37.1 Å². The molecule has 180 valence electrons. The molecular formula is C26H35F2N3O2. The number of carbonyl (C=O) groups excluding carboxylic acids is 1. The fourth-order valence-electron chi connectivity index (χ4n) is 3.90. The van der Waals surface area contributed by atoms with Crippen molar-refractivity contribution in [3.63, 3.8) is 0 Å². The molecular weight excluding hydrogens is 424 g/mol. The number of amides is 2. The van der Waals surface area contributed by atoms with E-state index in [9.17, 15) is 13.6 Å². The molecule has 1 aliphatic rings. The first-order valence-corrected chi connectivity index (χ1v) is 11.7. The van der Waals surface area contributed by atoms with Gasteiger partial charge in [0.15, 0.2) is 11.6 Å². The molecule has 5 nitrogen and oxygen atoms in total. The van der Waals surface area contributed by atoms with Gasteiger partial charge in [-0.15, -0.1) is 0 Å². The number of hydrogen-bond acceptors (Lipinski definition) is 3. The van der Waals surface area contributed by atoms with Crippen molar-refractivity contribution >= 4 is 6.03 Å². The molecule has 1 fully saturated rings. The van der Waals surface area contributed by atoms with E-state index >= 15 is 0 Å². The lowest BCUT2D eigenvalue weighted by atomic mass is 9.96. The monoisotopic (exact) mass is 459 g/mol. The maximum atomic E-state index is 14.4. The maximum absolute atomic E-state index is 14.4. The molecule has 2 aromatic carbocycles. The average molecular weight is 460 g/mol. The van der Waals surface area contributed by atoms with Crippen LogP contribution in [0.25, 0.3) is 0 Å². The van der Waals surface area contributed by atoms with E-state index in [1.165, 1.54) is 18.2 Å². The van der Waals surface area contributed by atoms with E-state index in [1.54, 1.807) is 29.2 Å². The van der Waals surface area contributed by atoms with Gasteiger partial charge in [-0.3, -0.25) is 0 Å². The molecule has 0 saturated carbocycles. The summed E-state index contributed by atoms with van der Waals surface area (Å²) in [5.41, 5.74) is 1.54. The molecule has 0 aliphatic carbocycles. The number of halogens is 2. The number of carbonyl (C=O) groups is 1. The van der Waals surface area contributed by atoms with E-state index in [4.69, 9.17) is 4.74 Å². The van der Waals surface area contributed by atoms with Crippen LogP contribution < -0.4 is 10.1 Å². The Morgan fingerprint density at radius 2 is 1.79 bits per heavy atom. The summed E-state index contributed by atoms with van der Waals surface area (Å²) in [7, 11) is 2.11. The number of hydrogen-bond donors (Lipinski definition) is 1. The van der Waals surface area contributed by atoms with Crippen molar-refractivity contribution in [1.29, 1.82) is 0 Å². The molecule has 1 N–H and O–H groups in total. The fraction of sp³-hybridized carbons (Fsp3) is 0.500. The van der Waals surface area contributed by atoms with Gasteiger partial charge >= 0.3 is 6.03 Å². The Morgan fingerprint density at radius 1 is 1.12 bits per heavy atom. The minimum absolute atomic E-state index is 0.209. The molecule has 0 unspecified atom stereocenters. The predicted octanol–water partition coefficient (Wildman–Crippen LogP) is 5.05. The molecule has 2 amide bonds. The minimum atomic E-state index is -0.433. The number of urea groups is 1. The van der Waals surface area contributed by atoms with Crippen LogP contribution in [0.3, 0.4) is 0 Å². The summed E-state index contributed by atoms with van der Waals surface area (Å²) in [6.45, 7) is 7.73. The number of piperidine rings is 1. The van der Waals surface area contributed by atoms with Crippen LogP contribution >= 0.6 is 0 Å². The topological polar surface area (TPSA) is 44.8 Å². The van der Waals surface area contributed by atoms with Gasteiger partial charge in [-0.1, -0.05) is 32.0 Å². The molecule has 0 spiro atoms. The zero-order valence-corrected chi connectivity index (χ0v) is 19.8. The second kappa shape index (κ2) is 12.0. The average Bonchev–Trinajstić information content (AvgIpc) is 2.79. The van der Waals surface area contributed by atoms with Gasteiger partial charge in [0, 0.05) is 19.6 Å². The third-order valence-electron chi connectivity index (χ3n) is 5.90. The number of rotatable bonds is 9. The standard InChI is InChI=1S/C26H35F2N3O2/c1-19(2)18-33-25-9-6-22(14-24(25)28)15-29-26(32)31(16-20-4-7-23(27)8-5-20)17-21-10-12-30(3)13-11-21/h4-9,14,19,21H,10-13,15-18H2,1-3H3,(H,29,32). The Kier molecular flexibility index (Phi) is 9.06.